The molecular formula is C18H18N2O2. The van der Waals surface area contributed by atoms with Gasteiger partial charge >= 0.3 is 0 Å². The third-order valence-electron chi connectivity index (χ3n) is 3.02. The molecule has 0 aliphatic rings. The third kappa shape index (κ3) is 4.90. The van der Waals surface area contributed by atoms with Crippen molar-refractivity contribution in [2.75, 3.05) is 5.32 Å². The third-order valence-corrected chi connectivity index (χ3v) is 3.02. The van der Waals surface area contributed by atoms with Crippen molar-refractivity contribution in [3.63, 3.8) is 0 Å². The van der Waals surface area contributed by atoms with E-state index in [0.717, 1.165) is 5.56 Å². The van der Waals surface area contributed by atoms with Crippen LogP contribution >= 0.6 is 0 Å². The van der Waals surface area contributed by atoms with E-state index in [9.17, 15) is 9.59 Å². The molecule has 0 unspecified atom stereocenters. The van der Waals surface area contributed by atoms with E-state index in [1.807, 2.05) is 48.5 Å². The van der Waals surface area contributed by atoms with E-state index in [2.05, 4.69) is 10.6 Å². The van der Waals surface area contributed by atoms with Crippen molar-refractivity contribution in [2.45, 2.75) is 13.0 Å². The number of carbonyl (C=O) groups excluding carboxylic acids is 2. The van der Waals surface area contributed by atoms with Gasteiger partial charge in [0.25, 0.3) is 0 Å². The highest BCUT2D eigenvalue weighted by atomic mass is 16.2. The van der Waals surface area contributed by atoms with E-state index < -0.39 is 6.04 Å². The van der Waals surface area contributed by atoms with Crippen LogP contribution in [-0.4, -0.2) is 17.9 Å². The average molecular weight is 294 g/mol. The molecule has 0 radical (unpaired) electrons. The molecular weight excluding hydrogens is 276 g/mol. The first-order valence-electron chi connectivity index (χ1n) is 7.04. The fourth-order valence-electron chi connectivity index (χ4n) is 1.84. The lowest BCUT2D eigenvalue weighted by molar-refractivity contribution is -0.123. The summed E-state index contributed by atoms with van der Waals surface area (Å²) in [6.45, 7) is 1.65. The highest BCUT2D eigenvalue weighted by Crippen LogP contribution is 2.05. The van der Waals surface area contributed by atoms with Gasteiger partial charge in [-0.15, -0.1) is 0 Å². The minimum atomic E-state index is -0.617. The summed E-state index contributed by atoms with van der Waals surface area (Å²) in [4.78, 5) is 23.8. The minimum absolute atomic E-state index is 0.257. The lowest BCUT2D eigenvalue weighted by Crippen LogP contribution is -2.40. The lowest BCUT2D eigenvalue weighted by Gasteiger charge is -2.12. The van der Waals surface area contributed by atoms with Gasteiger partial charge in [0.15, 0.2) is 0 Å². The van der Waals surface area contributed by atoms with E-state index in [-0.39, 0.29) is 11.8 Å². The molecule has 2 aromatic carbocycles. The van der Waals surface area contributed by atoms with Gasteiger partial charge in [0.1, 0.15) is 6.04 Å². The number of amides is 2. The van der Waals surface area contributed by atoms with E-state index in [4.69, 9.17) is 0 Å². The fourth-order valence-corrected chi connectivity index (χ4v) is 1.84. The molecule has 0 heterocycles. The van der Waals surface area contributed by atoms with E-state index in [1.54, 1.807) is 25.1 Å². The van der Waals surface area contributed by atoms with Crippen LogP contribution in [0.4, 0.5) is 5.69 Å². The summed E-state index contributed by atoms with van der Waals surface area (Å²) < 4.78 is 0. The van der Waals surface area contributed by atoms with Gasteiger partial charge < -0.3 is 10.6 Å². The number of para-hydroxylation sites is 1. The van der Waals surface area contributed by atoms with Crippen LogP contribution in [0.15, 0.2) is 66.7 Å². The quantitative estimate of drug-likeness (QED) is 0.833. The zero-order valence-electron chi connectivity index (χ0n) is 12.3. The SMILES string of the molecule is C[C@H](NC(=O)/C=C/c1ccccc1)C(=O)Nc1ccccc1. The number of rotatable bonds is 5. The molecule has 112 valence electrons. The summed E-state index contributed by atoms with van der Waals surface area (Å²) in [5.74, 6) is -0.563. The largest absolute Gasteiger partial charge is 0.341 e. The van der Waals surface area contributed by atoms with Gasteiger partial charge in [-0.2, -0.15) is 0 Å². The number of anilines is 1. The summed E-state index contributed by atoms with van der Waals surface area (Å²) >= 11 is 0. The van der Waals surface area contributed by atoms with Crippen molar-refractivity contribution >= 4 is 23.6 Å². The van der Waals surface area contributed by atoms with Gasteiger partial charge in [0.2, 0.25) is 11.8 Å². The van der Waals surface area contributed by atoms with Crippen molar-refractivity contribution in [2.24, 2.45) is 0 Å². The molecule has 4 heteroatoms. The molecule has 0 fully saturated rings. The van der Waals surface area contributed by atoms with Crippen molar-refractivity contribution < 1.29 is 9.59 Å². The van der Waals surface area contributed by atoms with Crippen molar-refractivity contribution in [1.82, 2.24) is 5.32 Å². The van der Waals surface area contributed by atoms with Crippen molar-refractivity contribution in [3.8, 4) is 0 Å². The van der Waals surface area contributed by atoms with Gasteiger partial charge in [0, 0.05) is 11.8 Å². The summed E-state index contributed by atoms with van der Waals surface area (Å²) in [5.41, 5.74) is 1.63. The summed E-state index contributed by atoms with van der Waals surface area (Å²) in [5, 5.41) is 5.38. The Labute approximate surface area is 129 Å². The fraction of sp³-hybridized carbons (Fsp3) is 0.111. The molecule has 22 heavy (non-hydrogen) atoms. The standard InChI is InChI=1S/C18H18N2O2/c1-14(18(22)20-16-10-6-3-7-11-16)19-17(21)13-12-15-8-4-2-5-9-15/h2-14H,1H3,(H,19,21)(H,20,22)/b13-12+/t14-/m0/s1. The molecule has 2 N–H and O–H groups in total. The molecule has 2 aromatic rings. The van der Waals surface area contributed by atoms with Crippen LogP contribution in [0.2, 0.25) is 0 Å². The number of benzene rings is 2. The lowest BCUT2D eigenvalue weighted by atomic mass is 10.2. The average Bonchev–Trinajstić information content (AvgIpc) is 2.55. The van der Waals surface area contributed by atoms with Crippen LogP contribution in [0.25, 0.3) is 6.08 Å². The maximum atomic E-state index is 12.0. The van der Waals surface area contributed by atoms with E-state index in [1.165, 1.54) is 6.08 Å². The number of hydrogen-bond acceptors (Lipinski definition) is 2. The Balaban J connectivity index is 1.85. The van der Waals surface area contributed by atoms with Gasteiger partial charge in [0.05, 0.1) is 0 Å². The molecule has 2 rings (SSSR count). The second kappa shape index (κ2) is 7.78. The van der Waals surface area contributed by atoms with Crippen molar-refractivity contribution in [1.29, 1.82) is 0 Å². The Kier molecular flexibility index (Phi) is 5.49. The Morgan fingerprint density at radius 2 is 1.55 bits per heavy atom. The molecule has 0 aromatic heterocycles. The van der Waals surface area contributed by atoms with Gasteiger partial charge in [-0.3, -0.25) is 9.59 Å². The first-order chi connectivity index (χ1) is 10.6. The number of carbonyl (C=O) groups is 2. The molecule has 1 atom stereocenters. The number of hydrogen-bond donors (Lipinski definition) is 2. The Bertz CT molecular complexity index is 651. The van der Waals surface area contributed by atoms with Crippen LogP contribution in [0.3, 0.4) is 0 Å². The maximum Gasteiger partial charge on any atom is 0.246 e. The normalized spacial score (nSPS) is 11.9. The minimum Gasteiger partial charge on any atom is -0.341 e. The smallest absolute Gasteiger partial charge is 0.246 e. The predicted octanol–water partition coefficient (Wildman–Crippen LogP) is 2.84. The predicted molar refractivity (Wildman–Crippen MR) is 88.2 cm³/mol. The Hall–Kier alpha value is -2.88. The zero-order valence-corrected chi connectivity index (χ0v) is 12.3. The summed E-state index contributed by atoms with van der Waals surface area (Å²) in [6, 6.07) is 18.0. The zero-order chi connectivity index (χ0) is 15.8. The Morgan fingerprint density at radius 1 is 0.955 bits per heavy atom. The molecule has 0 spiro atoms. The van der Waals surface area contributed by atoms with Crippen LogP contribution in [0.1, 0.15) is 12.5 Å². The molecule has 0 aliphatic carbocycles. The van der Waals surface area contributed by atoms with Crippen LogP contribution < -0.4 is 10.6 Å². The molecule has 4 nitrogen and oxygen atoms in total. The van der Waals surface area contributed by atoms with Crippen LogP contribution in [-0.2, 0) is 9.59 Å². The van der Waals surface area contributed by atoms with Crippen LogP contribution in [0, 0.1) is 0 Å². The molecule has 0 saturated heterocycles. The first-order valence-corrected chi connectivity index (χ1v) is 7.04. The van der Waals surface area contributed by atoms with Gasteiger partial charge in [-0.05, 0) is 30.7 Å². The number of nitrogens with one attached hydrogen (secondary N) is 2. The van der Waals surface area contributed by atoms with E-state index in [0.29, 0.717) is 5.69 Å². The summed E-state index contributed by atoms with van der Waals surface area (Å²) in [7, 11) is 0. The second-order valence-corrected chi connectivity index (χ2v) is 4.83. The molecule has 0 saturated carbocycles. The summed E-state index contributed by atoms with van der Waals surface area (Å²) in [6.07, 6.45) is 3.12. The van der Waals surface area contributed by atoms with Gasteiger partial charge in [-0.25, -0.2) is 0 Å². The van der Waals surface area contributed by atoms with Gasteiger partial charge in [-0.1, -0.05) is 48.5 Å². The maximum absolute atomic E-state index is 12.0. The Morgan fingerprint density at radius 3 is 2.18 bits per heavy atom. The molecule has 2 amide bonds. The van der Waals surface area contributed by atoms with Crippen LogP contribution in [0.5, 0.6) is 0 Å². The van der Waals surface area contributed by atoms with E-state index >= 15 is 0 Å². The first kappa shape index (κ1) is 15.5. The highest BCUT2D eigenvalue weighted by molar-refractivity contribution is 5.99. The topological polar surface area (TPSA) is 58.2 Å². The molecule has 0 aliphatic heterocycles. The molecule has 0 bridgehead atoms. The second-order valence-electron chi connectivity index (χ2n) is 4.83. The van der Waals surface area contributed by atoms with Crippen molar-refractivity contribution in [3.05, 3.63) is 72.3 Å². The highest BCUT2D eigenvalue weighted by Gasteiger charge is 2.14. The monoisotopic (exact) mass is 294 g/mol.